The Labute approximate surface area is 186 Å². The number of hydrogen-bond acceptors (Lipinski definition) is 6. The Morgan fingerprint density at radius 1 is 1.00 bits per heavy atom. The number of carbonyl (C=O) groups is 3. The number of carbonyl (C=O) groups excluding carboxylic acids is 1. The van der Waals surface area contributed by atoms with Gasteiger partial charge >= 0.3 is 11.9 Å². The van der Waals surface area contributed by atoms with Gasteiger partial charge < -0.3 is 14.6 Å². The van der Waals surface area contributed by atoms with Crippen molar-refractivity contribution in [3.63, 3.8) is 0 Å². The Hall–Kier alpha value is -4.11. The highest BCUT2D eigenvalue weighted by atomic mass is 32.2. The second kappa shape index (κ2) is 8.56. The van der Waals surface area contributed by atoms with Crippen molar-refractivity contribution in [1.29, 1.82) is 0 Å². The summed E-state index contributed by atoms with van der Waals surface area (Å²) in [7, 11) is 1.59. The average molecular weight is 448 g/mol. The molecule has 1 saturated heterocycles. The molecule has 160 valence electrons. The summed E-state index contributed by atoms with van der Waals surface area (Å²) in [5.74, 6) is -1.57. The van der Waals surface area contributed by atoms with Crippen LogP contribution in [0.2, 0.25) is 0 Å². The van der Waals surface area contributed by atoms with Crippen molar-refractivity contribution in [2.45, 2.75) is 0 Å². The molecule has 4 rings (SSSR count). The Kier molecular flexibility index (Phi) is 5.65. The highest BCUT2D eigenvalue weighted by Crippen LogP contribution is 2.34. The summed E-state index contributed by atoms with van der Waals surface area (Å²) in [6.07, 6.45) is 1.58. The molecule has 2 aromatic carbocycles. The Bertz CT molecular complexity index is 1290. The maximum atomic E-state index is 12.6. The molecule has 9 heteroatoms. The number of rotatable bonds is 5. The van der Waals surface area contributed by atoms with Gasteiger partial charge in [0.2, 0.25) is 0 Å². The molecular formula is C23H16N2O6S. The Balaban J connectivity index is 1.59. The number of likely N-dealkylation sites (N-methyl/N-ethyl adjacent to an activating group) is 1. The lowest BCUT2D eigenvalue weighted by molar-refractivity contribution is -0.121. The molecule has 32 heavy (non-hydrogen) atoms. The number of amidine groups is 1. The summed E-state index contributed by atoms with van der Waals surface area (Å²) < 4.78 is 5.78. The lowest BCUT2D eigenvalue weighted by atomic mass is 10.1. The SMILES string of the molecule is CN1C(=O)/C(=C\c2ccc(-c3ccccc3C(=O)O)o2)SC1=Nc1ccc(C(=O)O)cc1. The third kappa shape index (κ3) is 4.19. The van der Waals surface area contributed by atoms with Gasteiger partial charge in [0, 0.05) is 18.7 Å². The van der Waals surface area contributed by atoms with E-state index in [-0.39, 0.29) is 17.0 Å². The molecule has 0 unspecified atom stereocenters. The second-order valence-corrected chi connectivity index (χ2v) is 7.78. The van der Waals surface area contributed by atoms with Crippen molar-refractivity contribution in [1.82, 2.24) is 4.90 Å². The van der Waals surface area contributed by atoms with Gasteiger partial charge in [0.15, 0.2) is 5.17 Å². The average Bonchev–Trinajstić information content (AvgIpc) is 3.35. The van der Waals surface area contributed by atoms with Crippen LogP contribution >= 0.6 is 11.8 Å². The standard InChI is InChI=1S/C23H16N2O6S/c1-25-20(26)19(32-23(25)24-14-8-6-13(7-9-14)21(27)28)12-15-10-11-18(31-15)16-4-2-3-5-17(16)22(29)30/h2-12H,1H3,(H,27,28)(H,29,30)/b19-12+,24-23?. The quantitative estimate of drug-likeness (QED) is 0.548. The van der Waals surface area contributed by atoms with Gasteiger partial charge in [-0.1, -0.05) is 18.2 Å². The van der Waals surface area contributed by atoms with Gasteiger partial charge in [-0.15, -0.1) is 0 Å². The van der Waals surface area contributed by atoms with Crippen LogP contribution in [-0.2, 0) is 4.79 Å². The third-order valence-electron chi connectivity index (χ3n) is 4.67. The first kappa shape index (κ1) is 21.1. The van der Waals surface area contributed by atoms with E-state index in [1.807, 2.05) is 0 Å². The van der Waals surface area contributed by atoms with Crippen LogP contribution in [0, 0.1) is 0 Å². The van der Waals surface area contributed by atoms with E-state index in [0.717, 1.165) is 11.8 Å². The summed E-state index contributed by atoms with van der Waals surface area (Å²) in [5.41, 5.74) is 1.23. The van der Waals surface area contributed by atoms with E-state index in [1.165, 1.54) is 23.1 Å². The van der Waals surface area contributed by atoms with Gasteiger partial charge in [-0.05, 0) is 54.2 Å². The fraction of sp³-hybridized carbons (Fsp3) is 0.0435. The molecular weight excluding hydrogens is 432 g/mol. The van der Waals surface area contributed by atoms with Gasteiger partial charge in [0.1, 0.15) is 11.5 Å². The predicted octanol–water partition coefficient (Wildman–Crippen LogP) is 4.58. The van der Waals surface area contributed by atoms with Crippen molar-refractivity contribution in [2.24, 2.45) is 4.99 Å². The van der Waals surface area contributed by atoms with Crippen molar-refractivity contribution in [3.05, 3.63) is 82.5 Å². The van der Waals surface area contributed by atoms with Gasteiger partial charge in [0.25, 0.3) is 5.91 Å². The molecule has 0 spiro atoms. The van der Waals surface area contributed by atoms with Gasteiger partial charge in [-0.25, -0.2) is 14.6 Å². The predicted molar refractivity (Wildman–Crippen MR) is 120 cm³/mol. The molecule has 3 aromatic rings. The van der Waals surface area contributed by atoms with Gasteiger partial charge in [-0.2, -0.15) is 0 Å². The minimum absolute atomic E-state index is 0.121. The fourth-order valence-electron chi connectivity index (χ4n) is 3.03. The molecule has 0 radical (unpaired) electrons. The molecule has 0 aliphatic carbocycles. The van der Waals surface area contributed by atoms with Crippen LogP contribution in [0.15, 0.2) is 75.0 Å². The van der Waals surface area contributed by atoms with E-state index < -0.39 is 11.9 Å². The van der Waals surface area contributed by atoms with E-state index in [2.05, 4.69) is 4.99 Å². The maximum Gasteiger partial charge on any atom is 0.336 e. The number of carboxylic acids is 2. The zero-order valence-corrected chi connectivity index (χ0v) is 17.5. The second-order valence-electron chi connectivity index (χ2n) is 6.77. The fourth-order valence-corrected chi connectivity index (χ4v) is 4.00. The van der Waals surface area contributed by atoms with Crippen LogP contribution in [0.25, 0.3) is 17.4 Å². The van der Waals surface area contributed by atoms with Crippen molar-refractivity contribution in [3.8, 4) is 11.3 Å². The van der Waals surface area contributed by atoms with Crippen LogP contribution in [0.4, 0.5) is 5.69 Å². The molecule has 2 heterocycles. The third-order valence-corrected chi connectivity index (χ3v) is 5.73. The minimum Gasteiger partial charge on any atom is -0.478 e. The molecule has 1 amide bonds. The van der Waals surface area contributed by atoms with Crippen molar-refractivity contribution in [2.75, 3.05) is 7.05 Å². The monoisotopic (exact) mass is 448 g/mol. The summed E-state index contributed by atoms with van der Waals surface area (Å²) in [6.45, 7) is 0. The van der Waals surface area contributed by atoms with E-state index in [9.17, 15) is 19.5 Å². The first-order chi connectivity index (χ1) is 15.3. The smallest absolute Gasteiger partial charge is 0.336 e. The number of thioether (sulfide) groups is 1. The van der Waals surface area contributed by atoms with E-state index in [4.69, 9.17) is 9.52 Å². The number of nitrogens with zero attached hydrogens (tertiary/aromatic N) is 2. The minimum atomic E-state index is -1.06. The Morgan fingerprint density at radius 3 is 2.41 bits per heavy atom. The Morgan fingerprint density at radius 2 is 1.72 bits per heavy atom. The molecule has 1 fully saturated rings. The van der Waals surface area contributed by atoms with Crippen molar-refractivity contribution >= 4 is 46.5 Å². The summed E-state index contributed by atoms with van der Waals surface area (Å²) in [4.78, 5) is 41.3. The number of furan rings is 1. The molecule has 1 aliphatic rings. The zero-order valence-electron chi connectivity index (χ0n) is 16.7. The van der Waals surface area contributed by atoms with Crippen LogP contribution in [0.3, 0.4) is 0 Å². The van der Waals surface area contributed by atoms with E-state index in [0.29, 0.717) is 32.8 Å². The summed E-state index contributed by atoms with van der Waals surface area (Å²) >= 11 is 1.16. The topological polar surface area (TPSA) is 120 Å². The maximum absolute atomic E-state index is 12.6. The number of carboxylic acid groups (broad SMARTS) is 2. The largest absolute Gasteiger partial charge is 0.478 e. The number of amides is 1. The number of aromatic carboxylic acids is 2. The summed E-state index contributed by atoms with van der Waals surface area (Å²) in [6, 6.07) is 15.8. The van der Waals surface area contributed by atoms with E-state index in [1.54, 1.807) is 55.6 Å². The number of benzene rings is 2. The number of aliphatic imine (C=N–C) groups is 1. The molecule has 0 saturated carbocycles. The van der Waals surface area contributed by atoms with Gasteiger partial charge in [-0.3, -0.25) is 9.69 Å². The molecule has 8 nitrogen and oxygen atoms in total. The molecule has 1 aliphatic heterocycles. The van der Waals surface area contributed by atoms with Crippen LogP contribution < -0.4 is 0 Å². The molecule has 0 atom stereocenters. The molecule has 2 N–H and O–H groups in total. The van der Waals surface area contributed by atoms with Crippen LogP contribution in [0.5, 0.6) is 0 Å². The first-order valence-electron chi connectivity index (χ1n) is 9.35. The molecule has 1 aromatic heterocycles. The van der Waals surface area contributed by atoms with Gasteiger partial charge in [0.05, 0.1) is 21.7 Å². The van der Waals surface area contributed by atoms with Crippen molar-refractivity contribution < 1.29 is 29.0 Å². The lowest BCUT2D eigenvalue weighted by Crippen LogP contribution is -2.23. The van der Waals surface area contributed by atoms with Crippen LogP contribution in [-0.4, -0.2) is 45.2 Å². The molecule has 0 bridgehead atoms. The van der Waals surface area contributed by atoms with Crippen LogP contribution in [0.1, 0.15) is 26.5 Å². The highest BCUT2D eigenvalue weighted by molar-refractivity contribution is 8.18. The summed E-state index contributed by atoms with van der Waals surface area (Å²) in [5, 5.41) is 18.8. The highest BCUT2D eigenvalue weighted by Gasteiger charge is 2.30. The number of hydrogen-bond donors (Lipinski definition) is 2. The normalized spacial score (nSPS) is 16.2. The van der Waals surface area contributed by atoms with E-state index >= 15 is 0 Å². The zero-order chi connectivity index (χ0) is 22.8. The first-order valence-corrected chi connectivity index (χ1v) is 10.2. The lowest BCUT2D eigenvalue weighted by Gasteiger charge is -2.07.